The Hall–Kier alpha value is -0.420. The van der Waals surface area contributed by atoms with Crippen molar-refractivity contribution in [3.63, 3.8) is 0 Å². The second-order valence-electron chi connectivity index (χ2n) is 4.19. The number of rotatable bonds is 3. The first-order valence-electron chi connectivity index (χ1n) is 5.62. The summed E-state index contributed by atoms with van der Waals surface area (Å²) >= 11 is 12.9. The molecule has 0 aliphatic rings. The van der Waals surface area contributed by atoms with Crippen molar-refractivity contribution in [1.82, 2.24) is 0 Å². The van der Waals surface area contributed by atoms with E-state index < -0.39 is 0 Å². The monoisotopic (exact) mass is 405 g/mol. The molecular formula is C14H11Br2ClFN. The van der Waals surface area contributed by atoms with Gasteiger partial charge in [0.2, 0.25) is 0 Å². The average Bonchev–Trinajstić information content (AvgIpc) is 2.36. The molecule has 0 saturated carbocycles. The lowest BCUT2D eigenvalue weighted by Gasteiger charge is -2.15. The highest BCUT2D eigenvalue weighted by molar-refractivity contribution is 9.10. The molecule has 0 bridgehead atoms. The van der Waals surface area contributed by atoms with Crippen LogP contribution in [0.3, 0.4) is 0 Å². The molecule has 0 aromatic heterocycles. The van der Waals surface area contributed by atoms with Gasteiger partial charge in [-0.2, -0.15) is 0 Å². The molecule has 2 rings (SSSR count). The Labute approximate surface area is 133 Å². The highest BCUT2D eigenvalue weighted by Crippen LogP contribution is 2.31. The summed E-state index contributed by atoms with van der Waals surface area (Å²) in [5, 5.41) is 0.619. The summed E-state index contributed by atoms with van der Waals surface area (Å²) in [5.41, 5.74) is 8.00. The van der Waals surface area contributed by atoms with Gasteiger partial charge in [-0.05, 0) is 51.7 Å². The van der Waals surface area contributed by atoms with Crippen LogP contribution in [0.4, 0.5) is 4.39 Å². The summed E-state index contributed by atoms with van der Waals surface area (Å²) in [6.45, 7) is 0. The maximum atomic E-state index is 13.0. The van der Waals surface area contributed by atoms with Crippen LogP contribution < -0.4 is 5.73 Å². The van der Waals surface area contributed by atoms with Crippen molar-refractivity contribution >= 4 is 43.5 Å². The molecule has 0 fully saturated rings. The summed E-state index contributed by atoms with van der Waals surface area (Å²) in [6, 6.07) is 10.0. The average molecular weight is 408 g/mol. The summed E-state index contributed by atoms with van der Waals surface area (Å²) in [6.07, 6.45) is 0.580. The van der Waals surface area contributed by atoms with Crippen molar-refractivity contribution in [3.05, 3.63) is 67.3 Å². The summed E-state index contributed by atoms with van der Waals surface area (Å²) in [5.74, 6) is -0.273. The molecule has 1 nitrogen and oxygen atoms in total. The molecule has 1 unspecified atom stereocenters. The van der Waals surface area contributed by atoms with E-state index in [0.29, 0.717) is 15.9 Å². The lowest BCUT2D eigenvalue weighted by molar-refractivity contribution is 0.624. The second-order valence-corrected chi connectivity index (χ2v) is 6.28. The van der Waals surface area contributed by atoms with Gasteiger partial charge < -0.3 is 5.73 Å². The molecule has 100 valence electrons. The van der Waals surface area contributed by atoms with Gasteiger partial charge in [-0.25, -0.2) is 4.39 Å². The van der Waals surface area contributed by atoms with Crippen LogP contribution in [0.2, 0.25) is 5.02 Å². The highest BCUT2D eigenvalue weighted by atomic mass is 79.9. The van der Waals surface area contributed by atoms with Gasteiger partial charge in [-0.3, -0.25) is 0 Å². The molecule has 0 radical (unpaired) electrons. The van der Waals surface area contributed by atoms with Crippen LogP contribution in [0.25, 0.3) is 0 Å². The third kappa shape index (κ3) is 3.57. The van der Waals surface area contributed by atoms with E-state index in [4.69, 9.17) is 17.3 Å². The lowest BCUT2D eigenvalue weighted by atomic mass is 10.00. The van der Waals surface area contributed by atoms with E-state index in [1.165, 1.54) is 12.1 Å². The minimum Gasteiger partial charge on any atom is -0.324 e. The summed E-state index contributed by atoms with van der Waals surface area (Å²) in [7, 11) is 0. The van der Waals surface area contributed by atoms with Gasteiger partial charge in [0.05, 0.1) is 5.02 Å². The van der Waals surface area contributed by atoms with E-state index >= 15 is 0 Å². The van der Waals surface area contributed by atoms with Crippen LogP contribution in [0, 0.1) is 5.82 Å². The Balaban J connectivity index is 2.25. The summed E-state index contributed by atoms with van der Waals surface area (Å²) < 4.78 is 14.6. The minimum atomic E-state index is -0.273. The first kappa shape index (κ1) is 15.0. The maximum Gasteiger partial charge on any atom is 0.124 e. The van der Waals surface area contributed by atoms with Crippen LogP contribution in [-0.4, -0.2) is 0 Å². The molecule has 0 amide bonds. The SMILES string of the molecule is NC(Cc1ccc(F)cc1Br)c1cccc(Br)c1Cl. The fraction of sp³-hybridized carbons (Fsp3) is 0.143. The van der Waals surface area contributed by atoms with Crippen LogP contribution in [-0.2, 0) is 6.42 Å². The van der Waals surface area contributed by atoms with Gasteiger partial charge in [0.1, 0.15) is 5.82 Å². The second kappa shape index (κ2) is 6.35. The van der Waals surface area contributed by atoms with Gasteiger partial charge in [0.15, 0.2) is 0 Å². The molecular weight excluding hydrogens is 396 g/mol. The fourth-order valence-electron chi connectivity index (χ4n) is 1.84. The zero-order chi connectivity index (χ0) is 14.0. The van der Waals surface area contributed by atoms with E-state index in [0.717, 1.165) is 15.6 Å². The number of nitrogens with two attached hydrogens (primary N) is 1. The topological polar surface area (TPSA) is 26.0 Å². The van der Waals surface area contributed by atoms with Crippen LogP contribution in [0.5, 0.6) is 0 Å². The van der Waals surface area contributed by atoms with Crippen LogP contribution in [0.1, 0.15) is 17.2 Å². The molecule has 19 heavy (non-hydrogen) atoms. The Morgan fingerprint density at radius 3 is 2.58 bits per heavy atom. The minimum absolute atomic E-state index is 0.244. The third-order valence-electron chi connectivity index (χ3n) is 2.84. The van der Waals surface area contributed by atoms with Crippen molar-refractivity contribution in [2.24, 2.45) is 5.73 Å². The van der Waals surface area contributed by atoms with E-state index in [2.05, 4.69) is 31.9 Å². The molecule has 2 aromatic carbocycles. The standard InChI is InChI=1S/C14H11Br2ClFN/c15-11-3-1-2-10(14(11)17)13(19)6-8-4-5-9(18)7-12(8)16/h1-5,7,13H,6,19H2. The van der Waals surface area contributed by atoms with Gasteiger partial charge in [0.25, 0.3) is 0 Å². The van der Waals surface area contributed by atoms with E-state index in [-0.39, 0.29) is 11.9 Å². The van der Waals surface area contributed by atoms with Crippen molar-refractivity contribution in [3.8, 4) is 0 Å². The number of halogens is 4. The normalized spacial score (nSPS) is 12.5. The Morgan fingerprint density at radius 2 is 1.89 bits per heavy atom. The van der Waals surface area contributed by atoms with Crippen molar-refractivity contribution in [1.29, 1.82) is 0 Å². The highest BCUT2D eigenvalue weighted by Gasteiger charge is 2.14. The molecule has 0 heterocycles. The van der Waals surface area contributed by atoms with Crippen molar-refractivity contribution in [2.75, 3.05) is 0 Å². The first-order valence-corrected chi connectivity index (χ1v) is 7.59. The third-order valence-corrected chi connectivity index (χ3v) is 4.89. The van der Waals surface area contributed by atoms with Crippen molar-refractivity contribution in [2.45, 2.75) is 12.5 Å². The molecule has 2 N–H and O–H groups in total. The van der Waals surface area contributed by atoms with Gasteiger partial charge in [0, 0.05) is 15.0 Å². The first-order chi connectivity index (χ1) is 8.99. The van der Waals surface area contributed by atoms with E-state index in [9.17, 15) is 4.39 Å². The van der Waals surface area contributed by atoms with Crippen LogP contribution in [0.15, 0.2) is 45.3 Å². The van der Waals surface area contributed by atoms with Gasteiger partial charge in [-0.1, -0.05) is 45.7 Å². The molecule has 0 aliphatic carbocycles. The predicted octanol–water partition coefficient (Wildman–Crippen LogP) is 5.25. The largest absolute Gasteiger partial charge is 0.324 e. The van der Waals surface area contributed by atoms with Gasteiger partial charge in [-0.15, -0.1) is 0 Å². The molecule has 1 atom stereocenters. The molecule has 2 aromatic rings. The van der Waals surface area contributed by atoms with Crippen LogP contribution >= 0.6 is 43.5 Å². The van der Waals surface area contributed by atoms with E-state index in [1.54, 1.807) is 6.07 Å². The zero-order valence-corrected chi connectivity index (χ0v) is 13.8. The quantitative estimate of drug-likeness (QED) is 0.739. The lowest BCUT2D eigenvalue weighted by Crippen LogP contribution is -2.14. The number of hydrogen-bond donors (Lipinski definition) is 1. The fourth-order valence-corrected chi connectivity index (χ4v) is 3.00. The summed E-state index contributed by atoms with van der Waals surface area (Å²) in [4.78, 5) is 0. The molecule has 0 spiro atoms. The number of hydrogen-bond acceptors (Lipinski definition) is 1. The predicted molar refractivity (Wildman–Crippen MR) is 83.9 cm³/mol. The number of benzene rings is 2. The van der Waals surface area contributed by atoms with E-state index in [1.807, 2.05) is 18.2 Å². The Morgan fingerprint density at radius 1 is 1.16 bits per heavy atom. The molecule has 0 aliphatic heterocycles. The van der Waals surface area contributed by atoms with Crippen molar-refractivity contribution < 1.29 is 4.39 Å². The van der Waals surface area contributed by atoms with Gasteiger partial charge >= 0.3 is 0 Å². The smallest absolute Gasteiger partial charge is 0.124 e. The molecule has 5 heteroatoms. The zero-order valence-electron chi connectivity index (χ0n) is 9.84. The maximum absolute atomic E-state index is 13.0. The Kier molecular flexibility index (Phi) is 5.01. The molecule has 0 saturated heterocycles. The Bertz CT molecular complexity index is 604.